The number of carboxylic acids is 1. The minimum Gasteiger partial charge on any atom is -0.475 e. The van der Waals surface area contributed by atoms with Crippen LogP contribution in [-0.2, 0) is 16.6 Å². The Hall–Kier alpha value is -3.60. The summed E-state index contributed by atoms with van der Waals surface area (Å²) in [6, 6.07) is 12.5. The highest BCUT2D eigenvalue weighted by atomic mass is 19.4. The molecule has 32 heavy (non-hydrogen) atoms. The van der Waals surface area contributed by atoms with Crippen LogP contribution in [0.3, 0.4) is 0 Å². The van der Waals surface area contributed by atoms with Gasteiger partial charge in [0.25, 0.3) is 0 Å². The quantitative estimate of drug-likeness (QED) is 0.628. The molecule has 1 aliphatic heterocycles. The van der Waals surface area contributed by atoms with Gasteiger partial charge in [-0.3, -0.25) is 4.68 Å². The SMILES string of the molecule is Cn1cc(-c2ccnc(Nc3ccc(N4CCOCC4)cc3)c2)cn1.O=C(O)C(F)(F)F. The van der Waals surface area contributed by atoms with Crippen LogP contribution in [0, 0.1) is 0 Å². The fourth-order valence-electron chi connectivity index (χ4n) is 2.97. The van der Waals surface area contributed by atoms with Crippen LogP contribution in [0.4, 0.5) is 30.4 Å². The number of hydrogen-bond donors (Lipinski definition) is 2. The van der Waals surface area contributed by atoms with Gasteiger partial charge < -0.3 is 20.1 Å². The van der Waals surface area contributed by atoms with Crippen molar-refractivity contribution in [1.29, 1.82) is 0 Å². The van der Waals surface area contributed by atoms with E-state index in [2.05, 4.69) is 44.6 Å². The van der Waals surface area contributed by atoms with Gasteiger partial charge in [-0.1, -0.05) is 0 Å². The standard InChI is InChI=1S/C19H21N5O.C2HF3O2/c1-23-14-16(13-21-23)15-6-7-20-19(12-15)22-17-2-4-18(5-3-17)24-8-10-25-11-9-24;3-2(4,5)1(6)7/h2-7,12-14H,8-11H2,1H3,(H,20,22);(H,6,7). The second-order valence-corrected chi connectivity index (χ2v) is 6.91. The largest absolute Gasteiger partial charge is 0.490 e. The predicted molar refractivity (Wildman–Crippen MR) is 113 cm³/mol. The lowest BCUT2D eigenvalue weighted by atomic mass is 10.1. The summed E-state index contributed by atoms with van der Waals surface area (Å²) in [5.41, 5.74) is 4.42. The van der Waals surface area contributed by atoms with Crippen LogP contribution < -0.4 is 10.2 Å². The Kier molecular flexibility index (Phi) is 7.31. The maximum Gasteiger partial charge on any atom is 0.490 e. The van der Waals surface area contributed by atoms with Crippen molar-refractivity contribution in [2.45, 2.75) is 6.18 Å². The molecule has 1 aromatic carbocycles. The highest BCUT2D eigenvalue weighted by Crippen LogP contribution is 2.24. The van der Waals surface area contributed by atoms with E-state index in [0.29, 0.717) is 0 Å². The predicted octanol–water partition coefficient (Wildman–Crippen LogP) is 3.70. The van der Waals surface area contributed by atoms with E-state index in [1.165, 1.54) is 5.69 Å². The van der Waals surface area contributed by atoms with E-state index in [9.17, 15) is 13.2 Å². The lowest BCUT2D eigenvalue weighted by molar-refractivity contribution is -0.192. The maximum absolute atomic E-state index is 10.6. The Bertz CT molecular complexity index is 1030. The van der Waals surface area contributed by atoms with E-state index in [0.717, 1.165) is 48.9 Å². The van der Waals surface area contributed by atoms with E-state index in [1.54, 1.807) is 4.68 Å². The molecule has 11 heteroatoms. The summed E-state index contributed by atoms with van der Waals surface area (Å²) >= 11 is 0. The van der Waals surface area contributed by atoms with Gasteiger partial charge in [-0.05, 0) is 42.0 Å². The van der Waals surface area contributed by atoms with Gasteiger partial charge in [-0.2, -0.15) is 18.3 Å². The number of aliphatic carboxylic acids is 1. The highest BCUT2D eigenvalue weighted by molar-refractivity contribution is 5.73. The topological polar surface area (TPSA) is 92.5 Å². The van der Waals surface area contributed by atoms with Gasteiger partial charge in [0.2, 0.25) is 0 Å². The zero-order valence-corrected chi connectivity index (χ0v) is 17.2. The summed E-state index contributed by atoms with van der Waals surface area (Å²) in [4.78, 5) is 15.7. The summed E-state index contributed by atoms with van der Waals surface area (Å²) in [7, 11) is 1.92. The normalized spacial score (nSPS) is 13.8. The number of carboxylic acid groups (broad SMARTS) is 1. The highest BCUT2D eigenvalue weighted by Gasteiger charge is 2.38. The lowest BCUT2D eigenvalue weighted by Crippen LogP contribution is -2.36. The number of nitrogens with one attached hydrogen (secondary N) is 1. The molecule has 0 spiro atoms. The van der Waals surface area contributed by atoms with Gasteiger partial charge >= 0.3 is 12.1 Å². The zero-order chi connectivity index (χ0) is 23.1. The van der Waals surface area contributed by atoms with Crippen LogP contribution in [0.1, 0.15) is 0 Å². The van der Waals surface area contributed by atoms with Crippen molar-refractivity contribution < 1.29 is 27.8 Å². The molecule has 0 amide bonds. The molecule has 1 aliphatic rings. The average Bonchev–Trinajstić information content (AvgIpc) is 3.21. The summed E-state index contributed by atoms with van der Waals surface area (Å²) in [6.07, 6.45) is 0.583. The summed E-state index contributed by atoms with van der Waals surface area (Å²) in [6.45, 7) is 3.49. The number of benzene rings is 1. The van der Waals surface area contributed by atoms with E-state index < -0.39 is 12.1 Å². The molecule has 0 saturated carbocycles. The van der Waals surface area contributed by atoms with Gasteiger partial charge in [0.15, 0.2) is 0 Å². The third-order valence-corrected chi connectivity index (χ3v) is 4.56. The number of nitrogens with zero attached hydrogens (tertiary/aromatic N) is 4. The number of ether oxygens (including phenoxy) is 1. The number of anilines is 3. The van der Waals surface area contributed by atoms with Crippen molar-refractivity contribution in [3.63, 3.8) is 0 Å². The Labute approximate surface area is 182 Å². The van der Waals surface area contributed by atoms with Gasteiger partial charge in [-0.15, -0.1) is 0 Å². The smallest absolute Gasteiger partial charge is 0.475 e. The van der Waals surface area contributed by atoms with Crippen LogP contribution in [0.15, 0.2) is 55.0 Å². The Morgan fingerprint density at radius 1 is 1.12 bits per heavy atom. The second-order valence-electron chi connectivity index (χ2n) is 6.91. The van der Waals surface area contributed by atoms with Crippen molar-refractivity contribution in [2.24, 2.45) is 7.05 Å². The van der Waals surface area contributed by atoms with Gasteiger partial charge in [0.05, 0.1) is 19.4 Å². The van der Waals surface area contributed by atoms with Crippen molar-refractivity contribution in [3.8, 4) is 11.1 Å². The monoisotopic (exact) mass is 449 g/mol. The van der Waals surface area contributed by atoms with E-state index in [4.69, 9.17) is 14.6 Å². The van der Waals surface area contributed by atoms with Crippen molar-refractivity contribution in [1.82, 2.24) is 14.8 Å². The summed E-state index contributed by atoms with van der Waals surface area (Å²) in [5, 5.41) is 14.7. The molecule has 0 atom stereocenters. The Morgan fingerprint density at radius 2 is 1.78 bits per heavy atom. The van der Waals surface area contributed by atoms with Crippen molar-refractivity contribution in [3.05, 3.63) is 55.0 Å². The molecule has 0 aliphatic carbocycles. The molecule has 4 rings (SSSR count). The first kappa shape index (κ1) is 23.1. The third-order valence-electron chi connectivity index (χ3n) is 4.56. The number of morpholine rings is 1. The Morgan fingerprint density at radius 3 is 2.34 bits per heavy atom. The molecule has 0 unspecified atom stereocenters. The van der Waals surface area contributed by atoms with Gasteiger partial charge in [0, 0.05) is 49.5 Å². The molecule has 8 nitrogen and oxygen atoms in total. The van der Waals surface area contributed by atoms with E-state index >= 15 is 0 Å². The summed E-state index contributed by atoms with van der Waals surface area (Å²) < 4.78 is 38.9. The van der Waals surface area contributed by atoms with Crippen LogP contribution in [-0.4, -0.2) is 58.3 Å². The third kappa shape index (κ3) is 6.45. The van der Waals surface area contributed by atoms with E-state index in [1.807, 2.05) is 37.8 Å². The molecule has 170 valence electrons. The van der Waals surface area contributed by atoms with Crippen LogP contribution in [0.2, 0.25) is 0 Å². The number of carbonyl (C=O) groups is 1. The number of hydrogen-bond acceptors (Lipinski definition) is 6. The molecule has 0 radical (unpaired) electrons. The van der Waals surface area contributed by atoms with E-state index in [-0.39, 0.29) is 0 Å². The molecular weight excluding hydrogens is 427 g/mol. The lowest BCUT2D eigenvalue weighted by Gasteiger charge is -2.28. The molecule has 3 heterocycles. The number of aryl methyl sites for hydroxylation is 1. The number of pyridine rings is 1. The molecular formula is C21H22F3N5O3. The first-order valence-electron chi connectivity index (χ1n) is 9.67. The molecule has 1 saturated heterocycles. The molecule has 2 N–H and O–H groups in total. The molecule has 3 aromatic rings. The molecule has 1 fully saturated rings. The summed E-state index contributed by atoms with van der Waals surface area (Å²) in [5.74, 6) is -1.94. The number of halogens is 3. The van der Waals surface area contributed by atoms with Crippen molar-refractivity contribution in [2.75, 3.05) is 36.5 Å². The number of alkyl halides is 3. The van der Waals surface area contributed by atoms with Crippen LogP contribution in [0.25, 0.3) is 11.1 Å². The van der Waals surface area contributed by atoms with Gasteiger partial charge in [-0.25, -0.2) is 9.78 Å². The van der Waals surface area contributed by atoms with Crippen LogP contribution >= 0.6 is 0 Å². The minimum atomic E-state index is -5.08. The fourth-order valence-corrected chi connectivity index (χ4v) is 2.97. The molecule has 0 bridgehead atoms. The first-order valence-corrected chi connectivity index (χ1v) is 9.67. The maximum atomic E-state index is 10.6. The number of aromatic nitrogens is 3. The fraction of sp³-hybridized carbons (Fsp3) is 0.286. The number of rotatable bonds is 4. The Balaban J connectivity index is 0.000000360. The molecule has 2 aromatic heterocycles. The minimum absolute atomic E-state index is 0.797. The van der Waals surface area contributed by atoms with Crippen molar-refractivity contribution >= 4 is 23.2 Å². The first-order chi connectivity index (χ1) is 15.2. The van der Waals surface area contributed by atoms with Gasteiger partial charge in [0.1, 0.15) is 5.82 Å². The second kappa shape index (κ2) is 10.1. The van der Waals surface area contributed by atoms with Crippen LogP contribution in [0.5, 0.6) is 0 Å². The zero-order valence-electron chi connectivity index (χ0n) is 17.2. The average molecular weight is 449 g/mol.